The molecule has 2 unspecified atom stereocenters. The molecule has 1 aromatic rings. The molecule has 50 heavy (non-hydrogen) atoms. The number of ether oxygens (including phenoxy) is 2. The number of esters is 2. The van der Waals surface area contributed by atoms with Crippen LogP contribution < -0.4 is 0 Å². The third-order valence-corrected chi connectivity index (χ3v) is 9.73. The summed E-state index contributed by atoms with van der Waals surface area (Å²) in [6, 6.07) is 6.89. The average Bonchev–Trinajstić information content (AvgIpc) is 3.11. The zero-order valence-electron chi connectivity index (χ0n) is 33.2. The quantitative estimate of drug-likeness (QED) is 0.0409. The maximum absolute atomic E-state index is 13.0. The highest BCUT2D eigenvalue weighted by Crippen LogP contribution is 2.18. The van der Waals surface area contributed by atoms with Crippen LogP contribution in [-0.4, -0.2) is 24.1 Å². The Bertz CT molecular complexity index is 917. The lowest BCUT2D eigenvalue weighted by molar-refractivity contribution is 0.0270. The van der Waals surface area contributed by atoms with E-state index in [4.69, 9.17) is 9.47 Å². The Kier molecular flexibility index (Phi) is 30.8. The van der Waals surface area contributed by atoms with Gasteiger partial charge in [0.25, 0.3) is 0 Å². The first-order chi connectivity index (χ1) is 24.5. The van der Waals surface area contributed by atoms with Crippen LogP contribution in [0.15, 0.2) is 48.6 Å². The van der Waals surface area contributed by atoms with Gasteiger partial charge in [0.1, 0.15) is 0 Å². The molecule has 286 valence electrons. The minimum absolute atomic E-state index is 0.184. The molecule has 0 spiro atoms. The largest absolute Gasteiger partial charge is 0.459 e. The standard InChI is InChI=1S/C46H78O4/c1-5-7-9-11-13-15-17-19-21-23-25-27-29-31-33-37-41(3)49-45(47)43-39-35-36-40-44(43)46(48)50-42(4)38-34-32-30-28-26-24-22-20-18-16-14-12-10-8-6-2/h19-22,35-36,39-42H,5-18,23-34,37-38H2,1-4H3/b21-19-,22-20-. The van der Waals surface area contributed by atoms with Crippen molar-refractivity contribution in [3.63, 3.8) is 0 Å². The molecule has 0 aromatic heterocycles. The summed E-state index contributed by atoms with van der Waals surface area (Å²) >= 11 is 0. The van der Waals surface area contributed by atoms with Gasteiger partial charge in [0.05, 0.1) is 23.3 Å². The van der Waals surface area contributed by atoms with Crippen molar-refractivity contribution in [2.75, 3.05) is 0 Å². The molecular weight excluding hydrogens is 617 g/mol. The van der Waals surface area contributed by atoms with Crippen molar-refractivity contribution in [1.29, 1.82) is 0 Å². The minimum atomic E-state index is -0.442. The molecule has 0 saturated carbocycles. The van der Waals surface area contributed by atoms with Crippen LogP contribution in [0.3, 0.4) is 0 Å². The zero-order valence-corrected chi connectivity index (χ0v) is 33.2. The zero-order chi connectivity index (χ0) is 36.3. The molecule has 1 rings (SSSR count). The number of hydrogen-bond donors (Lipinski definition) is 0. The Morgan fingerprint density at radius 3 is 1.06 bits per heavy atom. The Labute approximate surface area is 309 Å². The first-order valence-electron chi connectivity index (χ1n) is 21.3. The molecule has 0 N–H and O–H groups in total. The fraction of sp³-hybridized carbons (Fsp3) is 0.739. The molecule has 0 heterocycles. The van der Waals surface area contributed by atoms with E-state index in [2.05, 4.69) is 38.2 Å². The first kappa shape index (κ1) is 45.7. The maximum Gasteiger partial charge on any atom is 0.339 e. The van der Waals surface area contributed by atoms with Crippen LogP contribution in [-0.2, 0) is 9.47 Å². The predicted molar refractivity (Wildman–Crippen MR) is 215 cm³/mol. The molecule has 0 saturated heterocycles. The van der Waals surface area contributed by atoms with E-state index in [0.717, 1.165) is 38.5 Å². The number of allylic oxidation sites excluding steroid dienone is 4. The second-order valence-corrected chi connectivity index (χ2v) is 14.7. The highest BCUT2D eigenvalue weighted by Gasteiger charge is 2.22. The second-order valence-electron chi connectivity index (χ2n) is 14.7. The normalized spacial score (nSPS) is 12.9. The Hall–Kier alpha value is -2.36. The van der Waals surface area contributed by atoms with Gasteiger partial charge < -0.3 is 9.47 Å². The van der Waals surface area contributed by atoms with Gasteiger partial charge in [-0.2, -0.15) is 0 Å². The van der Waals surface area contributed by atoms with Gasteiger partial charge in [-0.25, -0.2) is 9.59 Å². The number of carbonyl (C=O) groups is 2. The lowest BCUT2D eigenvalue weighted by Crippen LogP contribution is -2.20. The van der Waals surface area contributed by atoms with Crippen LogP contribution in [0.4, 0.5) is 0 Å². The van der Waals surface area contributed by atoms with Crippen LogP contribution in [0.25, 0.3) is 0 Å². The molecule has 0 bridgehead atoms. The van der Waals surface area contributed by atoms with Gasteiger partial charge in [-0.1, -0.05) is 153 Å². The molecule has 0 aliphatic carbocycles. The summed E-state index contributed by atoms with van der Waals surface area (Å²) in [4.78, 5) is 26.0. The number of unbranched alkanes of at least 4 members (excludes halogenated alkanes) is 22. The molecule has 0 aliphatic heterocycles. The number of rotatable bonds is 34. The van der Waals surface area contributed by atoms with Gasteiger partial charge in [-0.15, -0.1) is 0 Å². The molecule has 1 aromatic carbocycles. The van der Waals surface area contributed by atoms with Crippen LogP contribution >= 0.6 is 0 Å². The lowest BCUT2D eigenvalue weighted by Gasteiger charge is -2.16. The van der Waals surface area contributed by atoms with E-state index in [9.17, 15) is 9.59 Å². The molecule has 0 fully saturated rings. The fourth-order valence-electron chi connectivity index (χ4n) is 6.45. The van der Waals surface area contributed by atoms with Gasteiger partial charge in [0.2, 0.25) is 0 Å². The molecule has 4 heteroatoms. The Morgan fingerprint density at radius 1 is 0.460 bits per heavy atom. The van der Waals surface area contributed by atoms with Gasteiger partial charge in [-0.3, -0.25) is 0 Å². The summed E-state index contributed by atoms with van der Waals surface area (Å²) in [7, 11) is 0. The summed E-state index contributed by atoms with van der Waals surface area (Å²) in [6.45, 7) is 8.43. The summed E-state index contributed by atoms with van der Waals surface area (Å²) in [5.74, 6) is -0.884. The molecule has 2 atom stereocenters. The Morgan fingerprint density at radius 2 is 0.740 bits per heavy atom. The Balaban J connectivity index is 2.16. The smallest absolute Gasteiger partial charge is 0.339 e. The van der Waals surface area contributed by atoms with Gasteiger partial charge in [0, 0.05) is 0 Å². The van der Waals surface area contributed by atoms with E-state index in [-0.39, 0.29) is 12.2 Å². The van der Waals surface area contributed by atoms with Crippen LogP contribution in [0, 0.1) is 0 Å². The van der Waals surface area contributed by atoms with E-state index in [0.29, 0.717) is 11.1 Å². The molecule has 4 nitrogen and oxygen atoms in total. The van der Waals surface area contributed by atoms with E-state index >= 15 is 0 Å². The number of benzene rings is 1. The molecular formula is C46H78O4. The van der Waals surface area contributed by atoms with Crippen molar-refractivity contribution >= 4 is 11.9 Å². The molecule has 0 radical (unpaired) electrons. The van der Waals surface area contributed by atoms with Crippen molar-refractivity contribution in [3.05, 3.63) is 59.7 Å². The van der Waals surface area contributed by atoms with E-state index in [1.165, 1.54) is 141 Å². The van der Waals surface area contributed by atoms with Crippen LogP contribution in [0.5, 0.6) is 0 Å². The van der Waals surface area contributed by atoms with Gasteiger partial charge in [0.15, 0.2) is 0 Å². The first-order valence-corrected chi connectivity index (χ1v) is 21.3. The van der Waals surface area contributed by atoms with Crippen molar-refractivity contribution in [2.45, 2.75) is 220 Å². The second kappa shape index (κ2) is 33.8. The summed E-state index contributed by atoms with van der Waals surface area (Å²) in [6.07, 6.45) is 43.8. The van der Waals surface area contributed by atoms with Gasteiger partial charge >= 0.3 is 11.9 Å². The van der Waals surface area contributed by atoms with Crippen molar-refractivity contribution in [2.24, 2.45) is 0 Å². The summed E-state index contributed by atoms with van der Waals surface area (Å²) in [5.41, 5.74) is 0.587. The summed E-state index contributed by atoms with van der Waals surface area (Å²) in [5, 5.41) is 0. The van der Waals surface area contributed by atoms with Crippen LogP contribution in [0.2, 0.25) is 0 Å². The highest BCUT2D eigenvalue weighted by atomic mass is 16.5. The van der Waals surface area contributed by atoms with Gasteiger partial charge in [-0.05, 0) is 103 Å². The molecule has 0 aliphatic rings. The number of carbonyl (C=O) groups excluding carboxylic acids is 2. The predicted octanol–water partition coefficient (Wildman–Crippen LogP) is 14.9. The third-order valence-electron chi connectivity index (χ3n) is 9.73. The maximum atomic E-state index is 13.0. The van der Waals surface area contributed by atoms with Crippen molar-refractivity contribution in [1.82, 2.24) is 0 Å². The van der Waals surface area contributed by atoms with E-state index < -0.39 is 11.9 Å². The molecule has 0 amide bonds. The third kappa shape index (κ3) is 26.4. The summed E-state index contributed by atoms with van der Waals surface area (Å²) < 4.78 is 11.5. The monoisotopic (exact) mass is 695 g/mol. The SMILES string of the molecule is CCCCCCCC/C=C\CCCCCCCC(C)OC(=O)c1ccccc1C(=O)OC(C)CCCCCCC/C=C\CCCCCCCC. The average molecular weight is 695 g/mol. The van der Waals surface area contributed by atoms with E-state index in [1.807, 2.05) is 13.8 Å². The topological polar surface area (TPSA) is 52.6 Å². The van der Waals surface area contributed by atoms with E-state index in [1.54, 1.807) is 24.3 Å². The van der Waals surface area contributed by atoms with Crippen molar-refractivity contribution < 1.29 is 19.1 Å². The van der Waals surface area contributed by atoms with Crippen molar-refractivity contribution in [3.8, 4) is 0 Å². The van der Waals surface area contributed by atoms with Crippen LogP contribution in [0.1, 0.15) is 228 Å². The minimum Gasteiger partial charge on any atom is -0.459 e. The highest BCUT2D eigenvalue weighted by molar-refractivity contribution is 6.03. The number of hydrogen-bond acceptors (Lipinski definition) is 4. The lowest BCUT2D eigenvalue weighted by atomic mass is 10.1. The fourth-order valence-corrected chi connectivity index (χ4v) is 6.45.